The summed E-state index contributed by atoms with van der Waals surface area (Å²) in [5.41, 5.74) is 0. The van der Waals surface area contributed by atoms with Crippen LogP contribution in [0.15, 0.2) is 6.33 Å². The summed E-state index contributed by atoms with van der Waals surface area (Å²) in [5, 5.41) is 3.75. The van der Waals surface area contributed by atoms with Crippen LogP contribution < -0.4 is 0 Å². The molecule has 0 atom stereocenters. The fraction of sp³-hybridized carbons (Fsp3) is 0.750. The van der Waals surface area contributed by atoms with Crippen LogP contribution in [0.4, 0.5) is 8.78 Å². The van der Waals surface area contributed by atoms with E-state index in [0.717, 1.165) is 6.92 Å². The molecular weight excluding hydrogens is 176 g/mol. The van der Waals surface area contributed by atoms with Gasteiger partial charge in [0.15, 0.2) is 0 Å². The number of hydrogen-bond acceptors (Lipinski definition) is 2. The monoisotopic (exact) mass is 189 g/mol. The second-order valence-electron chi connectivity index (χ2n) is 3.50. The minimum Gasteiger partial charge on any atom is -0.244 e. The van der Waals surface area contributed by atoms with Gasteiger partial charge in [0, 0.05) is 12.8 Å². The van der Waals surface area contributed by atoms with E-state index >= 15 is 0 Å². The van der Waals surface area contributed by atoms with E-state index in [1.54, 1.807) is 0 Å². The summed E-state index contributed by atoms with van der Waals surface area (Å²) < 4.78 is 26.5. The highest BCUT2D eigenvalue weighted by Gasteiger charge is 2.24. The van der Waals surface area contributed by atoms with Gasteiger partial charge in [-0.15, -0.1) is 0 Å². The third-order valence-corrected chi connectivity index (χ3v) is 1.59. The predicted octanol–water partition coefficient (Wildman–Crippen LogP) is 2.06. The van der Waals surface area contributed by atoms with E-state index in [2.05, 4.69) is 10.1 Å². The van der Waals surface area contributed by atoms with Gasteiger partial charge in [0.2, 0.25) is 0 Å². The first-order valence-electron chi connectivity index (χ1n) is 4.15. The molecule has 0 spiro atoms. The Morgan fingerprint density at radius 3 is 2.62 bits per heavy atom. The standard InChI is InChI=1S/C8H13F2N3/c1-6(2)7-11-5-12-13(7)4-8(3,9)10/h5-6H,4H2,1-3H3. The SMILES string of the molecule is CC(C)c1ncnn1CC(C)(F)F. The van der Waals surface area contributed by atoms with E-state index < -0.39 is 12.5 Å². The second-order valence-corrected chi connectivity index (χ2v) is 3.50. The molecule has 0 amide bonds. The average molecular weight is 189 g/mol. The van der Waals surface area contributed by atoms with Crippen LogP contribution in [0.1, 0.15) is 32.5 Å². The molecule has 1 rings (SSSR count). The molecule has 0 fully saturated rings. The van der Waals surface area contributed by atoms with E-state index in [0.29, 0.717) is 5.82 Å². The molecule has 0 saturated carbocycles. The van der Waals surface area contributed by atoms with Crippen LogP contribution in [0.25, 0.3) is 0 Å². The zero-order chi connectivity index (χ0) is 10.1. The second kappa shape index (κ2) is 3.40. The summed E-state index contributed by atoms with van der Waals surface area (Å²) in [6.07, 6.45) is 1.31. The molecule has 0 aliphatic heterocycles. The van der Waals surface area contributed by atoms with Crippen molar-refractivity contribution in [1.82, 2.24) is 14.8 Å². The molecule has 0 aliphatic rings. The predicted molar refractivity (Wildman–Crippen MR) is 44.7 cm³/mol. The van der Waals surface area contributed by atoms with Gasteiger partial charge in [-0.3, -0.25) is 0 Å². The van der Waals surface area contributed by atoms with E-state index in [-0.39, 0.29) is 5.92 Å². The van der Waals surface area contributed by atoms with Gasteiger partial charge >= 0.3 is 0 Å². The topological polar surface area (TPSA) is 30.7 Å². The maximum atomic E-state index is 12.6. The molecule has 74 valence electrons. The largest absolute Gasteiger partial charge is 0.264 e. The summed E-state index contributed by atoms with van der Waals surface area (Å²) in [6, 6.07) is 0. The van der Waals surface area contributed by atoms with Crippen molar-refractivity contribution in [3.63, 3.8) is 0 Å². The molecule has 0 aliphatic carbocycles. The van der Waals surface area contributed by atoms with E-state index in [1.807, 2.05) is 13.8 Å². The molecule has 0 unspecified atom stereocenters. The summed E-state index contributed by atoms with van der Waals surface area (Å²) in [4.78, 5) is 3.92. The zero-order valence-electron chi connectivity index (χ0n) is 7.96. The molecule has 5 heteroatoms. The van der Waals surface area contributed by atoms with Gasteiger partial charge in [0.1, 0.15) is 18.7 Å². The lowest BCUT2D eigenvalue weighted by Gasteiger charge is -2.13. The lowest BCUT2D eigenvalue weighted by Crippen LogP contribution is -2.22. The molecule has 1 aromatic rings. The van der Waals surface area contributed by atoms with Gasteiger partial charge in [-0.1, -0.05) is 13.8 Å². The fourth-order valence-corrected chi connectivity index (χ4v) is 1.11. The minimum absolute atomic E-state index is 0.116. The Labute approximate surface area is 75.8 Å². The number of aromatic nitrogens is 3. The van der Waals surface area contributed by atoms with E-state index in [9.17, 15) is 8.78 Å². The highest BCUT2D eigenvalue weighted by molar-refractivity contribution is 4.91. The zero-order valence-corrected chi connectivity index (χ0v) is 7.96. The van der Waals surface area contributed by atoms with Crippen LogP contribution in [0, 0.1) is 0 Å². The Balaban J connectivity index is 2.83. The molecule has 0 radical (unpaired) electrons. The molecule has 1 heterocycles. The maximum Gasteiger partial charge on any atom is 0.264 e. The highest BCUT2D eigenvalue weighted by Crippen LogP contribution is 2.17. The first-order valence-corrected chi connectivity index (χ1v) is 4.15. The third-order valence-electron chi connectivity index (χ3n) is 1.59. The molecule has 0 saturated heterocycles. The first-order chi connectivity index (χ1) is 5.90. The van der Waals surface area contributed by atoms with Gasteiger partial charge in [-0.2, -0.15) is 5.10 Å². The smallest absolute Gasteiger partial charge is 0.244 e. The highest BCUT2D eigenvalue weighted by atomic mass is 19.3. The van der Waals surface area contributed by atoms with Crippen molar-refractivity contribution in [2.45, 2.75) is 39.2 Å². The summed E-state index contributed by atoms with van der Waals surface area (Å²) in [7, 11) is 0. The Morgan fingerprint density at radius 2 is 2.15 bits per heavy atom. The van der Waals surface area contributed by atoms with Gasteiger partial charge in [-0.25, -0.2) is 18.4 Å². The number of rotatable bonds is 3. The van der Waals surface area contributed by atoms with Crippen molar-refractivity contribution in [3.05, 3.63) is 12.2 Å². The van der Waals surface area contributed by atoms with Crippen LogP contribution in [0.5, 0.6) is 0 Å². The minimum atomic E-state index is -2.74. The molecule has 0 aromatic carbocycles. The van der Waals surface area contributed by atoms with Crippen LogP contribution >= 0.6 is 0 Å². The molecule has 1 aromatic heterocycles. The summed E-state index contributed by atoms with van der Waals surface area (Å²) in [5.74, 6) is -2.02. The Kier molecular flexibility index (Phi) is 2.63. The lowest BCUT2D eigenvalue weighted by atomic mass is 10.2. The van der Waals surface area contributed by atoms with Crippen molar-refractivity contribution < 1.29 is 8.78 Å². The van der Waals surface area contributed by atoms with Crippen molar-refractivity contribution in [2.24, 2.45) is 0 Å². The molecule has 0 N–H and O–H groups in total. The van der Waals surface area contributed by atoms with Crippen LogP contribution in [0.2, 0.25) is 0 Å². The van der Waals surface area contributed by atoms with Gasteiger partial charge < -0.3 is 0 Å². The molecular formula is C8H13F2N3. The van der Waals surface area contributed by atoms with E-state index in [1.165, 1.54) is 11.0 Å². The first kappa shape index (κ1) is 10.1. The quantitative estimate of drug-likeness (QED) is 0.728. The van der Waals surface area contributed by atoms with E-state index in [4.69, 9.17) is 0 Å². The van der Waals surface area contributed by atoms with Crippen molar-refractivity contribution in [2.75, 3.05) is 0 Å². The summed E-state index contributed by atoms with van der Waals surface area (Å²) in [6.45, 7) is 4.27. The normalized spacial score (nSPS) is 12.5. The third kappa shape index (κ3) is 2.75. The van der Waals surface area contributed by atoms with Crippen molar-refractivity contribution >= 4 is 0 Å². The van der Waals surface area contributed by atoms with Gasteiger partial charge in [0.05, 0.1) is 0 Å². The van der Waals surface area contributed by atoms with Gasteiger partial charge in [-0.05, 0) is 0 Å². The molecule has 3 nitrogen and oxygen atoms in total. The maximum absolute atomic E-state index is 12.6. The summed E-state index contributed by atoms with van der Waals surface area (Å²) >= 11 is 0. The number of nitrogens with zero attached hydrogens (tertiary/aromatic N) is 3. The number of halogens is 2. The van der Waals surface area contributed by atoms with Crippen molar-refractivity contribution in [1.29, 1.82) is 0 Å². The Morgan fingerprint density at radius 1 is 1.54 bits per heavy atom. The molecule has 0 bridgehead atoms. The number of alkyl halides is 2. The lowest BCUT2D eigenvalue weighted by molar-refractivity contribution is -0.000524. The van der Waals surface area contributed by atoms with Crippen LogP contribution in [-0.2, 0) is 6.54 Å². The average Bonchev–Trinajstić information content (AvgIpc) is 2.31. The Hall–Kier alpha value is -1.00. The number of hydrogen-bond donors (Lipinski definition) is 0. The van der Waals surface area contributed by atoms with Crippen LogP contribution in [0.3, 0.4) is 0 Å². The van der Waals surface area contributed by atoms with Gasteiger partial charge in [0.25, 0.3) is 5.92 Å². The molecule has 13 heavy (non-hydrogen) atoms. The fourth-order valence-electron chi connectivity index (χ4n) is 1.11. The van der Waals surface area contributed by atoms with Crippen LogP contribution in [-0.4, -0.2) is 20.7 Å². The Bertz CT molecular complexity index is 275. The van der Waals surface area contributed by atoms with Crippen molar-refractivity contribution in [3.8, 4) is 0 Å².